The van der Waals surface area contributed by atoms with E-state index in [0.717, 1.165) is 12.3 Å². The summed E-state index contributed by atoms with van der Waals surface area (Å²) in [5.41, 5.74) is 9.96. The van der Waals surface area contributed by atoms with Crippen molar-refractivity contribution in [2.75, 3.05) is 18.5 Å². The first kappa shape index (κ1) is 13.4. The van der Waals surface area contributed by atoms with Crippen LogP contribution in [0.5, 0.6) is 0 Å². The molecular weight excluding hydrogens is 220 g/mol. The maximum Gasteiger partial charge on any atom is 0.0366 e. The van der Waals surface area contributed by atoms with E-state index in [9.17, 15) is 0 Å². The molecule has 1 aromatic rings. The van der Waals surface area contributed by atoms with Crippen molar-refractivity contribution < 1.29 is 0 Å². The van der Waals surface area contributed by atoms with E-state index in [1.807, 2.05) is 0 Å². The lowest BCUT2D eigenvalue weighted by Crippen LogP contribution is -2.29. The van der Waals surface area contributed by atoms with Gasteiger partial charge in [-0.25, -0.2) is 0 Å². The molecule has 1 fully saturated rings. The van der Waals surface area contributed by atoms with E-state index in [-0.39, 0.29) is 6.04 Å². The molecule has 0 bridgehead atoms. The molecular formula is C16H26N2. The topological polar surface area (TPSA) is 29.3 Å². The van der Waals surface area contributed by atoms with E-state index in [4.69, 9.17) is 5.73 Å². The van der Waals surface area contributed by atoms with Crippen LogP contribution in [0.2, 0.25) is 0 Å². The van der Waals surface area contributed by atoms with Crippen molar-refractivity contribution >= 4 is 5.69 Å². The van der Waals surface area contributed by atoms with Crippen LogP contribution in [-0.4, -0.2) is 19.6 Å². The predicted molar refractivity (Wildman–Crippen MR) is 79.1 cm³/mol. The van der Waals surface area contributed by atoms with Crippen molar-refractivity contribution in [2.45, 2.75) is 45.6 Å². The molecule has 1 aliphatic carbocycles. The molecule has 2 nitrogen and oxygen atoms in total. The molecule has 18 heavy (non-hydrogen) atoms. The van der Waals surface area contributed by atoms with Gasteiger partial charge in [-0.15, -0.1) is 0 Å². The highest BCUT2D eigenvalue weighted by atomic mass is 15.1. The van der Waals surface area contributed by atoms with E-state index in [2.05, 4.69) is 44.0 Å². The molecule has 100 valence electrons. The number of aryl methyl sites for hydroxylation is 1. The molecule has 1 atom stereocenters. The quantitative estimate of drug-likeness (QED) is 0.865. The Labute approximate surface area is 111 Å². The minimum atomic E-state index is 0.238. The first-order valence-corrected chi connectivity index (χ1v) is 7.12. The van der Waals surface area contributed by atoms with Crippen LogP contribution in [0.15, 0.2) is 18.2 Å². The minimum absolute atomic E-state index is 0.238. The van der Waals surface area contributed by atoms with E-state index in [1.165, 1.54) is 42.6 Å². The molecule has 0 spiro atoms. The van der Waals surface area contributed by atoms with Crippen molar-refractivity contribution in [1.29, 1.82) is 0 Å². The zero-order valence-corrected chi connectivity index (χ0v) is 11.9. The van der Waals surface area contributed by atoms with E-state index in [1.54, 1.807) is 0 Å². The van der Waals surface area contributed by atoms with Gasteiger partial charge in [-0.05, 0) is 62.3 Å². The maximum atomic E-state index is 5.87. The van der Waals surface area contributed by atoms with Gasteiger partial charge in [0.1, 0.15) is 0 Å². The summed E-state index contributed by atoms with van der Waals surface area (Å²) in [6, 6.07) is 7.02. The first-order chi connectivity index (χ1) is 8.56. The second-order valence-electron chi connectivity index (χ2n) is 5.97. The van der Waals surface area contributed by atoms with Crippen LogP contribution in [-0.2, 0) is 6.42 Å². The molecule has 1 unspecified atom stereocenters. The molecule has 1 aliphatic rings. The molecule has 0 saturated heterocycles. The summed E-state index contributed by atoms with van der Waals surface area (Å²) in [6.45, 7) is 5.46. The predicted octanol–water partition coefficient (Wildman–Crippen LogP) is 3.12. The Kier molecular flexibility index (Phi) is 4.28. The summed E-state index contributed by atoms with van der Waals surface area (Å²) in [5, 5.41) is 0. The van der Waals surface area contributed by atoms with Crippen LogP contribution in [0.3, 0.4) is 0 Å². The molecule has 0 amide bonds. The average molecular weight is 246 g/mol. The number of nitrogens with zero attached hydrogens (tertiary/aromatic N) is 1. The normalized spacial score (nSPS) is 17.3. The Morgan fingerprint density at radius 1 is 1.39 bits per heavy atom. The fourth-order valence-corrected chi connectivity index (χ4v) is 2.66. The molecule has 0 heterocycles. The van der Waals surface area contributed by atoms with Crippen LogP contribution in [0, 0.1) is 12.8 Å². The number of hydrogen-bond acceptors (Lipinski definition) is 2. The summed E-state index contributed by atoms with van der Waals surface area (Å²) in [7, 11) is 2.21. The lowest BCUT2D eigenvalue weighted by molar-refractivity contribution is 0.321. The fraction of sp³-hybridized carbons (Fsp3) is 0.625. The number of hydrogen-bond donors (Lipinski definition) is 1. The van der Waals surface area contributed by atoms with Crippen molar-refractivity contribution in [3.05, 3.63) is 29.3 Å². The van der Waals surface area contributed by atoms with Gasteiger partial charge in [0, 0.05) is 25.3 Å². The minimum Gasteiger partial charge on any atom is -0.374 e. The van der Waals surface area contributed by atoms with Crippen molar-refractivity contribution in [3.63, 3.8) is 0 Å². The molecule has 0 aromatic heterocycles. The van der Waals surface area contributed by atoms with Gasteiger partial charge < -0.3 is 10.6 Å². The monoisotopic (exact) mass is 246 g/mol. The van der Waals surface area contributed by atoms with Gasteiger partial charge in [0.05, 0.1) is 0 Å². The number of rotatable bonds is 5. The molecule has 2 heteroatoms. The van der Waals surface area contributed by atoms with Gasteiger partial charge in [-0.2, -0.15) is 0 Å². The fourth-order valence-electron chi connectivity index (χ4n) is 2.66. The van der Waals surface area contributed by atoms with E-state index >= 15 is 0 Å². The second kappa shape index (κ2) is 5.75. The van der Waals surface area contributed by atoms with Crippen LogP contribution in [0.25, 0.3) is 0 Å². The molecule has 0 radical (unpaired) electrons. The lowest BCUT2D eigenvalue weighted by Gasteiger charge is -2.31. The average Bonchev–Trinajstić information content (AvgIpc) is 2.25. The highest BCUT2D eigenvalue weighted by Gasteiger charge is 2.19. The summed E-state index contributed by atoms with van der Waals surface area (Å²) in [4.78, 5) is 2.40. The summed E-state index contributed by atoms with van der Waals surface area (Å²) in [6.07, 6.45) is 5.21. The van der Waals surface area contributed by atoms with Gasteiger partial charge >= 0.3 is 0 Å². The first-order valence-electron chi connectivity index (χ1n) is 7.12. The smallest absolute Gasteiger partial charge is 0.0366 e. The third kappa shape index (κ3) is 3.26. The number of benzene rings is 1. The SMILES string of the molecule is Cc1cc(N(C)CC2CCC2)ccc1CC(C)N. The third-order valence-corrected chi connectivity index (χ3v) is 4.07. The highest BCUT2D eigenvalue weighted by molar-refractivity contribution is 5.50. The van der Waals surface area contributed by atoms with Crippen LogP contribution in [0.4, 0.5) is 5.69 Å². The van der Waals surface area contributed by atoms with Crippen LogP contribution < -0.4 is 10.6 Å². The summed E-state index contributed by atoms with van der Waals surface area (Å²) in [5.74, 6) is 0.916. The zero-order chi connectivity index (χ0) is 13.1. The van der Waals surface area contributed by atoms with Crippen molar-refractivity contribution in [3.8, 4) is 0 Å². The van der Waals surface area contributed by atoms with Gasteiger partial charge in [0.25, 0.3) is 0 Å². The van der Waals surface area contributed by atoms with Crippen molar-refractivity contribution in [1.82, 2.24) is 0 Å². The van der Waals surface area contributed by atoms with Gasteiger partial charge in [-0.3, -0.25) is 0 Å². The largest absolute Gasteiger partial charge is 0.374 e. The number of anilines is 1. The Balaban J connectivity index is 2.02. The Morgan fingerprint density at radius 2 is 2.11 bits per heavy atom. The van der Waals surface area contributed by atoms with Crippen molar-refractivity contribution in [2.24, 2.45) is 11.7 Å². The lowest BCUT2D eigenvalue weighted by atomic mass is 9.85. The van der Waals surface area contributed by atoms with E-state index in [0.29, 0.717) is 0 Å². The summed E-state index contributed by atoms with van der Waals surface area (Å²) >= 11 is 0. The summed E-state index contributed by atoms with van der Waals surface area (Å²) < 4.78 is 0. The Bertz CT molecular complexity index is 394. The third-order valence-electron chi connectivity index (χ3n) is 4.07. The zero-order valence-electron chi connectivity index (χ0n) is 11.9. The highest BCUT2D eigenvalue weighted by Crippen LogP contribution is 2.29. The van der Waals surface area contributed by atoms with Crippen LogP contribution in [0.1, 0.15) is 37.3 Å². The van der Waals surface area contributed by atoms with Gasteiger partial charge in [0.2, 0.25) is 0 Å². The van der Waals surface area contributed by atoms with Crippen LogP contribution >= 0.6 is 0 Å². The van der Waals surface area contributed by atoms with Gasteiger partial charge in [0.15, 0.2) is 0 Å². The Morgan fingerprint density at radius 3 is 2.61 bits per heavy atom. The Hall–Kier alpha value is -1.02. The van der Waals surface area contributed by atoms with Gasteiger partial charge in [-0.1, -0.05) is 12.5 Å². The van der Waals surface area contributed by atoms with E-state index < -0.39 is 0 Å². The molecule has 1 aromatic carbocycles. The molecule has 1 saturated carbocycles. The second-order valence-corrected chi connectivity index (χ2v) is 5.97. The standard InChI is InChI=1S/C16H26N2/c1-12-9-16(8-7-15(12)10-13(2)17)18(3)11-14-5-4-6-14/h7-9,13-14H,4-6,10-11,17H2,1-3H3. The molecule has 0 aliphatic heterocycles. The molecule has 2 N–H and O–H groups in total. The maximum absolute atomic E-state index is 5.87. The number of nitrogens with two attached hydrogens (primary N) is 1. The molecule has 2 rings (SSSR count).